The summed E-state index contributed by atoms with van der Waals surface area (Å²) in [6, 6.07) is 2.93. The van der Waals surface area contributed by atoms with Gasteiger partial charge in [-0.15, -0.1) is 11.8 Å². The number of rotatable bonds is 0. The van der Waals surface area contributed by atoms with E-state index in [2.05, 4.69) is 12.2 Å². The largest absolute Gasteiger partial charge is 0.204 e. The maximum absolute atomic E-state index is 13.8. The first-order valence-corrected chi connectivity index (χ1v) is 6.88. The van der Waals surface area contributed by atoms with Crippen molar-refractivity contribution in [2.24, 2.45) is 0 Å². The first-order chi connectivity index (χ1) is 8.75. The minimum absolute atomic E-state index is 0.513. The van der Waals surface area contributed by atoms with E-state index in [4.69, 9.17) is 0 Å². The topological polar surface area (TPSA) is 0 Å². The molecule has 0 atom stereocenters. The summed E-state index contributed by atoms with van der Waals surface area (Å²) in [5.41, 5.74) is 2.64. The average molecular weight is 262 g/mol. The van der Waals surface area contributed by atoms with Crippen LogP contribution in [-0.2, 0) is 12.2 Å². The highest BCUT2D eigenvalue weighted by Crippen LogP contribution is 2.37. The van der Waals surface area contributed by atoms with Crippen molar-refractivity contribution in [2.75, 3.05) is 0 Å². The van der Waals surface area contributed by atoms with E-state index in [9.17, 15) is 8.78 Å². The molecule has 0 amide bonds. The van der Waals surface area contributed by atoms with Crippen molar-refractivity contribution >= 4 is 11.8 Å². The molecule has 1 heterocycles. The third-order valence-electron chi connectivity index (χ3n) is 3.27. The Balaban J connectivity index is 2.04. The molecule has 1 aromatic carbocycles. The molecule has 1 aromatic rings. The monoisotopic (exact) mass is 262 g/mol. The Bertz CT molecular complexity index is 582. The summed E-state index contributed by atoms with van der Waals surface area (Å²) in [5, 5.41) is 0. The van der Waals surface area contributed by atoms with Crippen LogP contribution in [-0.4, -0.2) is 0 Å². The van der Waals surface area contributed by atoms with E-state index in [1.165, 1.54) is 16.5 Å². The third-order valence-corrected chi connectivity index (χ3v) is 4.48. The van der Waals surface area contributed by atoms with Crippen molar-refractivity contribution in [3.05, 3.63) is 69.7 Å². The van der Waals surface area contributed by atoms with E-state index in [1.807, 2.05) is 12.2 Å². The van der Waals surface area contributed by atoms with Crippen molar-refractivity contribution in [1.29, 1.82) is 0 Å². The molecule has 0 saturated carbocycles. The second-order valence-corrected chi connectivity index (χ2v) is 5.47. The number of benzene rings is 1. The number of hydrogen-bond donors (Lipinski definition) is 0. The lowest BCUT2D eigenvalue weighted by molar-refractivity contribution is 0.501. The number of halogens is 2. The SMILES string of the molecule is Fc1ccc2c(c1F)CSC1=C(C=CC=CC1)C2. The van der Waals surface area contributed by atoms with Crippen molar-refractivity contribution in [2.45, 2.75) is 18.6 Å². The van der Waals surface area contributed by atoms with Crippen molar-refractivity contribution < 1.29 is 8.78 Å². The lowest BCUT2D eigenvalue weighted by Crippen LogP contribution is -1.99. The summed E-state index contributed by atoms with van der Waals surface area (Å²) < 4.78 is 27.0. The summed E-state index contributed by atoms with van der Waals surface area (Å²) >= 11 is 1.62. The van der Waals surface area contributed by atoms with Gasteiger partial charge >= 0.3 is 0 Å². The van der Waals surface area contributed by atoms with Gasteiger partial charge in [-0.3, -0.25) is 0 Å². The van der Waals surface area contributed by atoms with Crippen LogP contribution in [0.1, 0.15) is 17.5 Å². The van der Waals surface area contributed by atoms with Gasteiger partial charge in [-0.05, 0) is 34.9 Å². The van der Waals surface area contributed by atoms with E-state index in [-0.39, 0.29) is 0 Å². The van der Waals surface area contributed by atoms with Crippen molar-refractivity contribution in [3.63, 3.8) is 0 Å². The van der Waals surface area contributed by atoms with Crippen LogP contribution < -0.4 is 0 Å². The minimum atomic E-state index is -0.748. The lowest BCUT2D eigenvalue weighted by atomic mass is 9.99. The van der Waals surface area contributed by atoms with Gasteiger partial charge in [0.05, 0.1) is 0 Å². The number of allylic oxidation sites excluding steroid dienone is 6. The molecule has 0 spiro atoms. The van der Waals surface area contributed by atoms with Gasteiger partial charge in [0.2, 0.25) is 0 Å². The zero-order valence-corrected chi connectivity index (χ0v) is 10.6. The Morgan fingerprint density at radius 1 is 1.11 bits per heavy atom. The average Bonchev–Trinajstić information content (AvgIpc) is 2.67. The smallest absolute Gasteiger partial charge is 0.163 e. The van der Waals surface area contributed by atoms with Crippen LogP contribution in [0.3, 0.4) is 0 Å². The number of hydrogen-bond acceptors (Lipinski definition) is 1. The quantitative estimate of drug-likeness (QED) is 0.662. The maximum atomic E-state index is 13.8. The van der Waals surface area contributed by atoms with Gasteiger partial charge in [-0.2, -0.15) is 0 Å². The lowest BCUT2D eigenvalue weighted by Gasteiger charge is -2.07. The number of fused-ring (bicyclic) bond motifs is 1. The van der Waals surface area contributed by atoms with Crippen LogP contribution in [0, 0.1) is 11.6 Å². The highest BCUT2D eigenvalue weighted by molar-refractivity contribution is 8.02. The molecule has 0 aromatic heterocycles. The van der Waals surface area contributed by atoms with Gasteiger partial charge in [-0.25, -0.2) is 8.78 Å². The Morgan fingerprint density at radius 2 is 2.00 bits per heavy atom. The Morgan fingerprint density at radius 3 is 2.89 bits per heavy atom. The molecule has 0 bridgehead atoms. The molecular weight excluding hydrogens is 250 g/mol. The van der Waals surface area contributed by atoms with E-state index in [0.29, 0.717) is 17.7 Å². The van der Waals surface area contributed by atoms with E-state index in [1.54, 1.807) is 17.8 Å². The molecule has 1 aliphatic carbocycles. The zero-order valence-electron chi connectivity index (χ0n) is 9.75. The molecular formula is C15H12F2S. The van der Waals surface area contributed by atoms with Crippen LogP contribution >= 0.6 is 11.8 Å². The Labute approximate surface area is 109 Å². The summed E-state index contributed by atoms with van der Waals surface area (Å²) in [7, 11) is 0. The van der Waals surface area contributed by atoms with Crippen LogP contribution in [0.25, 0.3) is 0 Å². The molecule has 2 aliphatic rings. The molecule has 92 valence electrons. The van der Waals surface area contributed by atoms with Gasteiger partial charge in [0.15, 0.2) is 11.6 Å². The number of thioether (sulfide) groups is 1. The van der Waals surface area contributed by atoms with Crippen LogP contribution in [0.2, 0.25) is 0 Å². The molecule has 0 radical (unpaired) electrons. The summed E-state index contributed by atoms with van der Waals surface area (Å²) in [6.45, 7) is 0. The van der Waals surface area contributed by atoms with Crippen LogP contribution in [0.4, 0.5) is 8.78 Å². The fourth-order valence-corrected chi connectivity index (χ4v) is 3.45. The van der Waals surface area contributed by atoms with Crippen LogP contribution in [0.5, 0.6) is 0 Å². The molecule has 0 N–H and O–H groups in total. The second-order valence-electron chi connectivity index (χ2n) is 4.40. The van der Waals surface area contributed by atoms with Gasteiger partial charge < -0.3 is 0 Å². The predicted molar refractivity (Wildman–Crippen MR) is 71.3 cm³/mol. The Kier molecular flexibility index (Phi) is 3.08. The van der Waals surface area contributed by atoms with Gasteiger partial charge in [0, 0.05) is 11.3 Å². The van der Waals surface area contributed by atoms with Crippen molar-refractivity contribution in [3.8, 4) is 0 Å². The zero-order chi connectivity index (χ0) is 12.5. The second kappa shape index (κ2) is 4.73. The molecule has 0 unspecified atom stereocenters. The molecule has 1 aliphatic heterocycles. The molecule has 0 saturated heterocycles. The van der Waals surface area contributed by atoms with Crippen LogP contribution in [0.15, 0.2) is 46.9 Å². The molecule has 3 rings (SSSR count). The van der Waals surface area contributed by atoms with E-state index < -0.39 is 11.6 Å². The summed E-state index contributed by atoms with van der Waals surface area (Å²) in [4.78, 5) is 1.26. The molecule has 0 nitrogen and oxygen atoms in total. The van der Waals surface area contributed by atoms with Gasteiger partial charge in [0.25, 0.3) is 0 Å². The van der Waals surface area contributed by atoms with Gasteiger partial charge in [-0.1, -0.05) is 30.4 Å². The van der Waals surface area contributed by atoms with E-state index >= 15 is 0 Å². The summed E-state index contributed by atoms with van der Waals surface area (Å²) in [6.07, 6.45) is 9.77. The first-order valence-electron chi connectivity index (χ1n) is 5.89. The minimum Gasteiger partial charge on any atom is -0.204 e. The summed E-state index contributed by atoms with van der Waals surface area (Å²) in [5.74, 6) is -0.918. The molecule has 3 heteroatoms. The molecule has 0 fully saturated rings. The highest BCUT2D eigenvalue weighted by atomic mass is 32.2. The third kappa shape index (κ3) is 2.03. The van der Waals surface area contributed by atoms with Crippen molar-refractivity contribution in [1.82, 2.24) is 0 Å². The first kappa shape index (κ1) is 11.7. The fraction of sp³-hybridized carbons (Fsp3) is 0.200. The standard InChI is InChI=1S/C15H12F2S/c16-13-7-6-10-8-11-4-2-1-3-5-14(11)18-9-12(10)15(13)17/h1-4,6-7H,5,8-9H2. The van der Waals surface area contributed by atoms with E-state index in [0.717, 1.165) is 12.0 Å². The fourth-order valence-electron chi connectivity index (χ4n) is 2.28. The molecule has 18 heavy (non-hydrogen) atoms. The van der Waals surface area contributed by atoms with Gasteiger partial charge in [0.1, 0.15) is 0 Å². The normalized spacial score (nSPS) is 18.1. The maximum Gasteiger partial charge on any atom is 0.163 e. The highest BCUT2D eigenvalue weighted by Gasteiger charge is 2.19. The Hall–Kier alpha value is -1.35. The predicted octanol–water partition coefficient (Wildman–Crippen LogP) is 4.52.